The summed E-state index contributed by atoms with van der Waals surface area (Å²) in [5.41, 5.74) is 1.52. The maximum atomic E-state index is 14.4. The van der Waals surface area contributed by atoms with Crippen molar-refractivity contribution in [3.05, 3.63) is 88.5 Å². The molecule has 34 heavy (non-hydrogen) atoms. The molecule has 1 aromatic heterocycles. The first-order valence-corrected chi connectivity index (χ1v) is 11.2. The first-order valence-electron chi connectivity index (χ1n) is 10.3. The van der Waals surface area contributed by atoms with Crippen LogP contribution >= 0.6 is 24.2 Å². The Balaban J connectivity index is 1.76. The van der Waals surface area contributed by atoms with E-state index in [4.69, 9.17) is 16.3 Å². The molecule has 9 heteroatoms. The van der Waals surface area contributed by atoms with Crippen LogP contribution in [0.1, 0.15) is 11.1 Å². The van der Waals surface area contributed by atoms with Gasteiger partial charge in [-0.2, -0.15) is 0 Å². The van der Waals surface area contributed by atoms with Crippen molar-refractivity contribution in [2.24, 2.45) is 0 Å². The smallest absolute Gasteiger partial charge is 0.261 e. The summed E-state index contributed by atoms with van der Waals surface area (Å²) in [6, 6.07) is 13.8. The largest absolute Gasteiger partial charge is 0.488 e. The summed E-state index contributed by atoms with van der Waals surface area (Å²) >= 11 is 10.3. The molecule has 2 amide bonds. The van der Waals surface area contributed by atoms with Crippen LogP contribution < -0.4 is 4.74 Å². The number of nitrogens with zero attached hydrogens (tertiary/aromatic N) is 3. The van der Waals surface area contributed by atoms with Crippen LogP contribution in [0.3, 0.4) is 0 Å². The van der Waals surface area contributed by atoms with Gasteiger partial charge in [-0.3, -0.25) is 14.6 Å². The molecule has 174 valence electrons. The van der Waals surface area contributed by atoms with Gasteiger partial charge in [0.1, 0.15) is 23.7 Å². The Morgan fingerprint density at radius 2 is 1.76 bits per heavy atom. The summed E-state index contributed by atoms with van der Waals surface area (Å²) in [6.45, 7) is 0.233. The van der Waals surface area contributed by atoms with E-state index in [1.165, 1.54) is 22.1 Å². The van der Waals surface area contributed by atoms with Gasteiger partial charge in [-0.05, 0) is 47.5 Å². The van der Waals surface area contributed by atoms with Gasteiger partial charge >= 0.3 is 0 Å². The van der Waals surface area contributed by atoms with Crippen molar-refractivity contribution in [2.45, 2.75) is 12.1 Å². The zero-order valence-corrected chi connectivity index (χ0v) is 20.1. The second-order valence-corrected chi connectivity index (χ2v) is 8.66. The van der Waals surface area contributed by atoms with Crippen molar-refractivity contribution in [1.29, 1.82) is 0 Å². The number of pyridine rings is 1. The van der Waals surface area contributed by atoms with E-state index in [-0.39, 0.29) is 12.2 Å². The number of amides is 2. The number of hydrogen-bond acceptors (Lipinski definition) is 5. The summed E-state index contributed by atoms with van der Waals surface area (Å²) in [6.07, 6.45) is 4.09. The fourth-order valence-corrected chi connectivity index (χ4v) is 3.87. The van der Waals surface area contributed by atoms with E-state index >= 15 is 0 Å². The molecule has 1 saturated heterocycles. The van der Waals surface area contributed by atoms with Crippen LogP contribution in [0.5, 0.6) is 5.75 Å². The topological polar surface area (TPSA) is 62.7 Å². The number of likely N-dealkylation sites (N-methyl/N-ethyl adjacent to an activating group) is 2. The van der Waals surface area contributed by atoms with Crippen LogP contribution in [0, 0.1) is 5.82 Å². The highest BCUT2D eigenvalue weighted by Crippen LogP contribution is 2.32. The van der Waals surface area contributed by atoms with Gasteiger partial charge in [0.15, 0.2) is 5.50 Å². The maximum Gasteiger partial charge on any atom is 0.261 e. The Hall–Kier alpha value is -3.36. The molecule has 0 unspecified atom stereocenters. The monoisotopic (exact) mass is 497 g/mol. The van der Waals surface area contributed by atoms with Gasteiger partial charge in [-0.25, -0.2) is 4.39 Å². The summed E-state index contributed by atoms with van der Waals surface area (Å²) in [5.74, 6) is -0.989. The normalized spacial score (nSPS) is 16.1. The number of carbonyl (C=O) groups excluding carboxylic acids is 2. The lowest BCUT2D eigenvalue weighted by Gasteiger charge is -2.37. The lowest BCUT2D eigenvalue weighted by atomic mass is 10.00. The van der Waals surface area contributed by atoms with Crippen molar-refractivity contribution in [3.63, 3.8) is 0 Å². The van der Waals surface area contributed by atoms with E-state index in [2.05, 4.69) is 17.6 Å². The molecule has 0 aliphatic carbocycles. The number of aromatic nitrogens is 1. The van der Waals surface area contributed by atoms with Gasteiger partial charge in [0.2, 0.25) is 0 Å². The molecule has 0 saturated carbocycles. The van der Waals surface area contributed by atoms with Crippen molar-refractivity contribution in [2.75, 3.05) is 14.1 Å². The standard InChI is InChI=1S/C25H21ClFN3O3S/c1-29-23(31)20(24(32)30(2)25(29)34)12-17-11-16(19-9-10-28-13-21(19)27)5-8-22(17)33-14-15-3-6-18(26)7-4-15/h3-13,25,34H,14H2,1-2H3. The Morgan fingerprint density at radius 3 is 2.41 bits per heavy atom. The van der Waals surface area contributed by atoms with Crippen molar-refractivity contribution >= 4 is 42.1 Å². The molecule has 3 aromatic rings. The average Bonchev–Trinajstić information content (AvgIpc) is 2.84. The fraction of sp³-hybridized carbons (Fsp3) is 0.160. The second kappa shape index (κ2) is 9.87. The average molecular weight is 498 g/mol. The van der Waals surface area contributed by atoms with E-state index in [0.29, 0.717) is 27.5 Å². The van der Waals surface area contributed by atoms with Crippen LogP contribution in [0.2, 0.25) is 5.02 Å². The first-order chi connectivity index (χ1) is 16.3. The minimum atomic E-state index is -0.671. The molecule has 1 aliphatic heterocycles. The van der Waals surface area contributed by atoms with E-state index < -0.39 is 23.1 Å². The first kappa shape index (κ1) is 23.8. The van der Waals surface area contributed by atoms with Crippen LogP contribution in [-0.4, -0.2) is 46.2 Å². The minimum Gasteiger partial charge on any atom is -0.488 e. The third kappa shape index (κ3) is 4.78. The number of halogens is 2. The predicted molar refractivity (Wildman–Crippen MR) is 132 cm³/mol. The molecular formula is C25H21ClFN3O3S. The molecule has 2 heterocycles. The maximum absolute atomic E-state index is 14.4. The third-order valence-corrected chi connectivity index (χ3v) is 6.44. The molecule has 2 aromatic carbocycles. The Morgan fingerprint density at radius 1 is 1.09 bits per heavy atom. The highest BCUT2D eigenvalue weighted by atomic mass is 35.5. The molecule has 0 bridgehead atoms. The Bertz CT molecular complexity index is 1260. The summed E-state index contributed by atoms with van der Waals surface area (Å²) < 4.78 is 20.4. The van der Waals surface area contributed by atoms with Crippen molar-refractivity contribution < 1.29 is 18.7 Å². The molecule has 1 aliphatic rings. The van der Waals surface area contributed by atoms with Crippen molar-refractivity contribution in [1.82, 2.24) is 14.8 Å². The van der Waals surface area contributed by atoms with Gasteiger partial charge in [-0.15, -0.1) is 12.6 Å². The van der Waals surface area contributed by atoms with E-state index in [1.807, 2.05) is 12.1 Å². The van der Waals surface area contributed by atoms with Crippen molar-refractivity contribution in [3.8, 4) is 16.9 Å². The number of rotatable bonds is 5. The Labute approximate surface area is 207 Å². The SMILES string of the molecule is CN1C(=O)C(=Cc2cc(-c3ccncc3F)ccc2OCc2ccc(Cl)cc2)C(=O)N(C)C1S. The predicted octanol–water partition coefficient (Wildman–Crippen LogP) is 4.65. The molecule has 0 N–H and O–H groups in total. The minimum absolute atomic E-state index is 0.0426. The highest BCUT2D eigenvalue weighted by Gasteiger charge is 2.37. The van der Waals surface area contributed by atoms with E-state index in [1.54, 1.807) is 50.5 Å². The lowest BCUT2D eigenvalue weighted by molar-refractivity contribution is -0.142. The quantitative estimate of drug-likeness (QED) is 0.317. The second-order valence-electron chi connectivity index (χ2n) is 7.76. The molecule has 0 spiro atoms. The molecule has 0 atom stereocenters. The lowest BCUT2D eigenvalue weighted by Crippen LogP contribution is -2.54. The summed E-state index contributed by atoms with van der Waals surface area (Å²) in [7, 11) is 3.13. The zero-order chi connectivity index (χ0) is 24.4. The number of ether oxygens (including phenoxy) is 1. The molecule has 1 fully saturated rings. The van der Waals surface area contributed by atoms with E-state index in [9.17, 15) is 14.0 Å². The van der Waals surface area contributed by atoms with Gasteiger partial charge in [0, 0.05) is 36.4 Å². The number of carbonyl (C=O) groups is 2. The summed E-state index contributed by atoms with van der Waals surface area (Å²) in [4.78, 5) is 32.2. The number of hydrogen-bond donors (Lipinski definition) is 1. The van der Waals surface area contributed by atoms with E-state index in [0.717, 1.165) is 11.8 Å². The van der Waals surface area contributed by atoms with Crippen LogP contribution in [-0.2, 0) is 16.2 Å². The van der Waals surface area contributed by atoms with Crippen LogP contribution in [0.15, 0.2) is 66.5 Å². The summed E-state index contributed by atoms with van der Waals surface area (Å²) in [5, 5.41) is 0.614. The zero-order valence-electron chi connectivity index (χ0n) is 18.4. The number of thiol groups is 1. The molecular weight excluding hydrogens is 477 g/mol. The molecule has 4 rings (SSSR count). The van der Waals surface area contributed by atoms with Gasteiger partial charge in [0.25, 0.3) is 11.8 Å². The van der Waals surface area contributed by atoms with Crippen LogP contribution in [0.25, 0.3) is 17.2 Å². The van der Waals surface area contributed by atoms with Gasteiger partial charge < -0.3 is 14.5 Å². The number of benzene rings is 2. The highest BCUT2D eigenvalue weighted by molar-refractivity contribution is 7.80. The van der Waals surface area contributed by atoms with Gasteiger partial charge in [-0.1, -0.05) is 29.8 Å². The fourth-order valence-electron chi connectivity index (χ4n) is 3.53. The van der Waals surface area contributed by atoms with Crippen LogP contribution in [0.4, 0.5) is 4.39 Å². The third-order valence-electron chi connectivity index (χ3n) is 5.50. The molecule has 0 radical (unpaired) electrons. The molecule has 6 nitrogen and oxygen atoms in total. The van der Waals surface area contributed by atoms with Gasteiger partial charge in [0.05, 0.1) is 6.20 Å². The Kier molecular flexibility index (Phi) is 6.90.